The lowest BCUT2D eigenvalue weighted by atomic mass is 9.96. The molecule has 0 spiro atoms. The third kappa shape index (κ3) is 2.30. The number of hydrogen-bond acceptors (Lipinski definition) is 2. The van der Waals surface area contributed by atoms with Gasteiger partial charge in [0.15, 0.2) is 0 Å². The predicted molar refractivity (Wildman–Crippen MR) is 85.8 cm³/mol. The minimum Gasteiger partial charge on any atom is -0.507 e. The van der Waals surface area contributed by atoms with E-state index in [1.807, 2.05) is 60.7 Å². The standard InChI is InChI=1S/C17H14BrNO/c18-13-8-5-12(6-9-13)16(19)15-10-7-11-3-1-2-4-14(11)17(15)20/h1-10,16,20H,19H2. The van der Waals surface area contributed by atoms with Gasteiger partial charge in [-0.1, -0.05) is 64.5 Å². The maximum atomic E-state index is 10.4. The first-order chi connectivity index (χ1) is 9.66. The quantitative estimate of drug-likeness (QED) is 0.734. The Labute approximate surface area is 126 Å². The third-order valence-electron chi connectivity index (χ3n) is 3.50. The summed E-state index contributed by atoms with van der Waals surface area (Å²) in [6.45, 7) is 0. The molecule has 0 bridgehead atoms. The third-order valence-corrected chi connectivity index (χ3v) is 4.02. The van der Waals surface area contributed by atoms with E-state index in [0.717, 1.165) is 26.4 Å². The van der Waals surface area contributed by atoms with Crippen LogP contribution in [-0.4, -0.2) is 5.11 Å². The smallest absolute Gasteiger partial charge is 0.128 e. The van der Waals surface area contributed by atoms with Crippen LogP contribution in [0, 0.1) is 0 Å². The summed E-state index contributed by atoms with van der Waals surface area (Å²) in [4.78, 5) is 0. The van der Waals surface area contributed by atoms with E-state index in [0.29, 0.717) is 0 Å². The van der Waals surface area contributed by atoms with Gasteiger partial charge in [-0.2, -0.15) is 0 Å². The van der Waals surface area contributed by atoms with Crippen LogP contribution in [-0.2, 0) is 0 Å². The molecule has 100 valence electrons. The Hall–Kier alpha value is -1.84. The molecule has 0 saturated carbocycles. The van der Waals surface area contributed by atoms with Crippen LogP contribution >= 0.6 is 15.9 Å². The number of phenolic OH excluding ortho intramolecular Hbond substituents is 1. The number of halogens is 1. The van der Waals surface area contributed by atoms with Crippen LogP contribution in [0.3, 0.4) is 0 Å². The van der Waals surface area contributed by atoms with Gasteiger partial charge in [-0.05, 0) is 23.1 Å². The lowest BCUT2D eigenvalue weighted by Gasteiger charge is -2.15. The van der Waals surface area contributed by atoms with Crippen molar-refractivity contribution in [3.8, 4) is 5.75 Å². The molecule has 0 aliphatic heterocycles. The molecule has 0 aromatic heterocycles. The molecule has 2 nitrogen and oxygen atoms in total. The number of phenols is 1. The second-order valence-electron chi connectivity index (χ2n) is 4.75. The number of aromatic hydroxyl groups is 1. The fraction of sp³-hybridized carbons (Fsp3) is 0.0588. The number of rotatable bonds is 2. The molecule has 0 amide bonds. The van der Waals surface area contributed by atoms with Crippen LogP contribution in [0.1, 0.15) is 17.2 Å². The van der Waals surface area contributed by atoms with E-state index in [2.05, 4.69) is 15.9 Å². The van der Waals surface area contributed by atoms with Crippen molar-refractivity contribution < 1.29 is 5.11 Å². The SMILES string of the molecule is NC(c1ccc(Br)cc1)c1ccc2ccccc2c1O. The fourth-order valence-electron chi connectivity index (χ4n) is 2.37. The molecule has 3 aromatic rings. The number of nitrogens with two attached hydrogens (primary N) is 1. The van der Waals surface area contributed by atoms with Gasteiger partial charge >= 0.3 is 0 Å². The molecule has 0 radical (unpaired) electrons. The lowest BCUT2D eigenvalue weighted by Crippen LogP contribution is -2.11. The van der Waals surface area contributed by atoms with Gasteiger partial charge in [-0.3, -0.25) is 0 Å². The van der Waals surface area contributed by atoms with Gasteiger partial charge in [0.1, 0.15) is 5.75 Å². The van der Waals surface area contributed by atoms with E-state index in [9.17, 15) is 5.11 Å². The second-order valence-corrected chi connectivity index (χ2v) is 5.67. The molecule has 1 unspecified atom stereocenters. The van der Waals surface area contributed by atoms with Crippen LogP contribution < -0.4 is 5.73 Å². The van der Waals surface area contributed by atoms with Crippen molar-refractivity contribution in [3.05, 3.63) is 76.3 Å². The molecule has 3 heteroatoms. The van der Waals surface area contributed by atoms with Crippen molar-refractivity contribution in [3.63, 3.8) is 0 Å². The van der Waals surface area contributed by atoms with E-state index in [4.69, 9.17) is 5.73 Å². The van der Waals surface area contributed by atoms with Crippen LogP contribution in [0.2, 0.25) is 0 Å². The summed E-state index contributed by atoms with van der Waals surface area (Å²) in [5.41, 5.74) is 8.00. The summed E-state index contributed by atoms with van der Waals surface area (Å²) in [6, 6.07) is 19.1. The van der Waals surface area contributed by atoms with Gasteiger partial charge in [0.2, 0.25) is 0 Å². The molecule has 0 aliphatic carbocycles. The zero-order chi connectivity index (χ0) is 14.1. The Morgan fingerprint density at radius 1 is 0.900 bits per heavy atom. The number of benzene rings is 3. The van der Waals surface area contributed by atoms with Gasteiger partial charge in [-0.15, -0.1) is 0 Å². The number of hydrogen-bond donors (Lipinski definition) is 2. The molecule has 3 rings (SSSR count). The van der Waals surface area contributed by atoms with Crippen molar-refractivity contribution in [2.45, 2.75) is 6.04 Å². The first-order valence-corrected chi connectivity index (χ1v) is 7.18. The van der Waals surface area contributed by atoms with Gasteiger partial charge in [0, 0.05) is 15.4 Å². The highest BCUT2D eigenvalue weighted by Crippen LogP contribution is 2.34. The summed E-state index contributed by atoms with van der Waals surface area (Å²) in [7, 11) is 0. The van der Waals surface area contributed by atoms with E-state index in [-0.39, 0.29) is 11.8 Å². The Bertz CT molecular complexity index is 753. The van der Waals surface area contributed by atoms with E-state index in [1.54, 1.807) is 0 Å². The second kappa shape index (κ2) is 5.27. The topological polar surface area (TPSA) is 46.2 Å². The molecule has 0 aliphatic rings. The Morgan fingerprint density at radius 3 is 2.35 bits per heavy atom. The Kier molecular flexibility index (Phi) is 3.47. The van der Waals surface area contributed by atoms with Crippen molar-refractivity contribution in [2.75, 3.05) is 0 Å². The largest absolute Gasteiger partial charge is 0.507 e. The van der Waals surface area contributed by atoms with Gasteiger partial charge < -0.3 is 10.8 Å². The molecule has 0 fully saturated rings. The lowest BCUT2D eigenvalue weighted by molar-refractivity contribution is 0.472. The van der Waals surface area contributed by atoms with Crippen LogP contribution in [0.25, 0.3) is 10.8 Å². The molecule has 1 atom stereocenters. The van der Waals surface area contributed by atoms with E-state index < -0.39 is 0 Å². The van der Waals surface area contributed by atoms with Crippen LogP contribution in [0.4, 0.5) is 0 Å². The molecule has 3 N–H and O–H groups in total. The zero-order valence-corrected chi connectivity index (χ0v) is 12.3. The summed E-state index contributed by atoms with van der Waals surface area (Å²) < 4.78 is 1.01. The summed E-state index contributed by atoms with van der Waals surface area (Å²) in [5, 5.41) is 12.3. The van der Waals surface area contributed by atoms with Crippen molar-refractivity contribution in [1.29, 1.82) is 0 Å². The normalized spacial score (nSPS) is 12.5. The van der Waals surface area contributed by atoms with E-state index in [1.165, 1.54) is 0 Å². The molecule has 0 heterocycles. The molecular weight excluding hydrogens is 314 g/mol. The minimum absolute atomic E-state index is 0.263. The average molecular weight is 328 g/mol. The predicted octanol–water partition coefficient (Wildman–Crippen LogP) is 4.36. The van der Waals surface area contributed by atoms with Crippen LogP contribution in [0.5, 0.6) is 5.75 Å². The number of fused-ring (bicyclic) bond motifs is 1. The highest BCUT2D eigenvalue weighted by atomic mass is 79.9. The Morgan fingerprint density at radius 2 is 1.60 bits per heavy atom. The molecular formula is C17H14BrNO. The maximum Gasteiger partial charge on any atom is 0.128 e. The van der Waals surface area contributed by atoms with Gasteiger partial charge in [0.25, 0.3) is 0 Å². The first-order valence-electron chi connectivity index (χ1n) is 6.38. The highest BCUT2D eigenvalue weighted by Gasteiger charge is 2.15. The highest BCUT2D eigenvalue weighted by molar-refractivity contribution is 9.10. The average Bonchev–Trinajstić information content (AvgIpc) is 2.48. The van der Waals surface area contributed by atoms with Crippen molar-refractivity contribution in [1.82, 2.24) is 0 Å². The molecule has 20 heavy (non-hydrogen) atoms. The van der Waals surface area contributed by atoms with Gasteiger partial charge in [0.05, 0.1) is 6.04 Å². The summed E-state index contributed by atoms with van der Waals surface area (Å²) in [5.74, 6) is 0.263. The zero-order valence-electron chi connectivity index (χ0n) is 10.8. The first kappa shape index (κ1) is 13.2. The maximum absolute atomic E-state index is 10.4. The summed E-state index contributed by atoms with van der Waals surface area (Å²) >= 11 is 3.41. The van der Waals surface area contributed by atoms with Crippen molar-refractivity contribution in [2.24, 2.45) is 5.73 Å². The monoisotopic (exact) mass is 327 g/mol. The Balaban J connectivity index is 2.09. The molecule has 0 saturated heterocycles. The minimum atomic E-state index is -0.340. The molecule has 3 aromatic carbocycles. The fourth-order valence-corrected chi connectivity index (χ4v) is 2.64. The summed E-state index contributed by atoms with van der Waals surface area (Å²) in [6.07, 6.45) is 0. The van der Waals surface area contributed by atoms with Crippen LogP contribution in [0.15, 0.2) is 65.1 Å². The van der Waals surface area contributed by atoms with E-state index >= 15 is 0 Å². The van der Waals surface area contributed by atoms with Gasteiger partial charge in [-0.25, -0.2) is 0 Å². The van der Waals surface area contributed by atoms with Crippen molar-refractivity contribution >= 4 is 26.7 Å².